The first-order valence-corrected chi connectivity index (χ1v) is 5.35. The van der Waals surface area contributed by atoms with Crippen LogP contribution < -0.4 is 0 Å². The summed E-state index contributed by atoms with van der Waals surface area (Å²) in [6.07, 6.45) is 6.13. The number of esters is 1. The van der Waals surface area contributed by atoms with Crippen molar-refractivity contribution >= 4 is 5.97 Å². The van der Waals surface area contributed by atoms with Crippen LogP contribution in [-0.4, -0.2) is 18.9 Å². The van der Waals surface area contributed by atoms with Gasteiger partial charge in [-0.15, -0.1) is 0 Å². The average molecular weight is 218 g/mol. The van der Waals surface area contributed by atoms with Crippen molar-refractivity contribution in [2.24, 2.45) is 0 Å². The fourth-order valence-electron chi connectivity index (χ4n) is 1.57. The molecule has 0 fully saturated rings. The van der Waals surface area contributed by atoms with E-state index in [2.05, 4.69) is 12.2 Å². The summed E-state index contributed by atoms with van der Waals surface area (Å²) in [5.41, 5.74) is 0.552. The number of carbonyl (C=O) groups excluding carboxylic acids is 1. The van der Waals surface area contributed by atoms with Crippen molar-refractivity contribution in [1.82, 2.24) is 0 Å². The van der Waals surface area contributed by atoms with Crippen molar-refractivity contribution in [3.8, 4) is 0 Å². The molecule has 3 heteroatoms. The normalized spacial score (nSPS) is 15.2. The van der Waals surface area contributed by atoms with Gasteiger partial charge in [0, 0.05) is 0 Å². The molecule has 0 N–H and O–H groups in total. The van der Waals surface area contributed by atoms with Crippen LogP contribution in [0.3, 0.4) is 0 Å². The first-order chi connectivity index (χ1) is 7.86. The van der Waals surface area contributed by atoms with Crippen molar-refractivity contribution in [1.29, 1.82) is 0 Å². The summed E-state index contributed by atoms with van der Waals surface area (Å²) in [6.45, 7) is 0.0279. The standard InChI is InChI=1S/C13H14O3/c14-13(11-6-2-1-3-7-11)16-10-15-12-8-4-5-9-12/h1-7,12H,8-10H2. The quantitative estimate of drug-likeness (QED) is 0.442. The summed E-state index contributed by atoms with van der Waals surface area (Å²) in [4.78, 5) is 11.5. The predicted molar refractivity (Wildman–Crippen MR) is 60.0 cm³/mol. The Morgan fingerprint density at radius 2 is 1.88 bits per heavy atom. The Balaban J connectivity index is 1.72. The zero-order valence-corrected chi connectivity index (χ0v) is 8.96. The first-order valence-electron chi connectivity index (χ1n) is 5.35. The van der Waals surface area contributed by atoms with Gasteiger partial charge in [-0.1, -0.05) is 30.4 Å². The second-order valence-corrected chi connectivity index (χ2v) is 3.65. The summed E-state index contributed by atoms with van der Waals surface area (Å²) in [5, 5.41) is 0. The smallest absolute Gasteiger partial charge is 0.340 e. The Morgan fingerprint density at radius 3 is 2.56 bits per heavy atom. The van der Waals surface area contributed by atoms with Crippen molar-refractivity contribution < 1.29 is 14.3 Å². The van der Waals surface area contributed by atoms with Gasteiger partial charge < -0.3 is 9.47 Å². The molecule has 0 radical (unpaired) electrons. The molecule has 16 heavy (non-hydrogen) atoms. The number of hydrogen-bond acceptors (Lipinski definition) is 3. The largest absolute Gasteiger partial charge is 0.435 e. The van der Waals surface area contributed by atoms with Crippen LogP contribution in [0.15, 0.2) is 42.5 Å². The Kier molecular flexibility index (Phi) is 3.72. The Morgan fingerprint density at radius 1 is 1.19 bits per heavy atom. The second kappa shape index (κ2) is 5.47. The van der Waals surface area contributed by atoms with Gasteiger partial charge in [-0.05, 0) is 25.0 Å². The lowest BCUT2D eigenvalue weighted by atomic mass is 10.2. The molecule has 0 atom stereocenters. The second-order valence-electron chi connectivity index (χ2n) is 3.65. The molecular formula is C13H14O3. The van der Waals surface area contributed by atoms with Crippen LogP contribution in [0.1, 0.15) is 23.2 Å². The van der Waals surface area contributed by atoms with E-state index in [0.29, 0.717) is 5.56 Å². The Bertz CT molecular complexity index is 362. The van der Waals surface area contributed by atoms with Crippen LogP contribution >= 0.6 is 0 Å². The zero-order chi connectivity index (χ0) is 11.2. The lowest BCUT2D eigenvalue weighted by Gasteiger charge is -2.11. The van der Waals surface area contributed by atoms with Crippen LogP contribution in [-0.2, 0) is 9.47 Å². The molecule has 84 valence electrons. The Labute approximate surface area is 94.7 Å². The molecule has 3 nitrogen and oxygen atoms in total. The van der Waals surface area contributed by atoms with Crippen LogP contribution in [0.25, 0.3) is 0 Å². The summed E-state index contributed by atoms with van der Waals surface area (Å²) in [6, 6.07) is 8.91. The number of ether oxygens (including phenoxy) is 2. The molecule has 0 saturated carbocycles. The highest BCUT2D eigenvalue weighted by Gasteiger charge is 2.11. The molecule has 0 spiro atoms. The predicted octanol–water partition coefficient (Wildman–Crippen LogP) is 2.54. The van der Waals surface area contributed by atoms with E-state index in [9.17, 15) is 4.79 Å². The highest BCUT2D eigenvalue weighted by Crippen LogP contribution is 2.13. The van der Waals surface area contributed by atoms with Gasteiger partial charge in [-0.25, -0.2) is 4.79 Å². The van der Waals surface area contributed by atoms with Gasteiger partial charge in [0.15, 0.2) is 6.79 Å². The molecule has 1 aliphatic rings. The van der Waals surface area contributed by atoms with Gasteiger partial charge in [0.25, 0.3) is 0 Å². The molecule has 0 aromatic heterocycles. The van der Waals surface area contributed by atoms with E-state index in [1.165, 1.54) is 0 Å². The fraction of sp³-hybridized carbons (Fsp3) is 0.308. The van der Waals surface area contributed by atoms with Crippen LogP contribution in [0.4, 0.5) is 0 Å². The van der Waals surface area contributed by atoms with Crippen molar-refractivity contribution in [2.45, 2.75) is 18.9 Å². The molecule has 2 rings (SSSR count). The van der Waals surface area contributed by atoms with Gasteiger partial charge in [-0.3, -0.25) is 0 Å². The van der Waals surface area contributed by atoms with Gasteiger partial charge in [0.1, 0.15) is 0 Å². The third-order valence-corrected chi connectivity index (χ3v) is 2.47. The van der Waals surface area contributed by atoms with E-state index in [-0.39, 0.29) is 18.9 Å². The molecular weight excluding hydrogens is 204 g/mol. The number of hydrogen-bond donors (Lipinski definition) is 0. The van der Waals surface area contributed by atoms with E-state index in [1.54, 1.807) is 24.3 Å². The third kappa shape index (κ3) is 2.94. The number of rotatable bonds is 4. The van der Waals surface area contributed by atoms with E-state index < -0.39 is 0 Å². The average Bonchev–Trinajstić information content (AvgIpc) is 2.83. The molecule has 0 bridgehead atoms. The molecule has 0 heterocycles. The molecule has 0 aliphatic heterocycles. The van der Waals surface area contributed by atoms with Crippen molar-refractivity contribution in [3.05, 3.63) is 48.0 Å². The van der Waals surface area contributed by atoms with Crippen molar-refractivity contribution in [3.63, 3.8) is 0 Å². The molecule has 1 aromatic carbocycles. The number of carbonyl (C=O) groups is 1. The fourth-order valence-corrected chi connectivity index (χ4v) is 1.57. The van der Waals surface area contributed by atoms with Crippen LogP contribution in [0.2, 0.25) is 0 Å². The SMILES string of the molecule is O=C(OCOC1CC=CC1)c1ccccc1. The number of benzene rings is 1. The summed E-state index contributed by atoms with van der Waals surface area (Å²) in [5.74, 6) is -0.341. The minimum Gasteiger partial charge on any atom is -0.435 e. The van der Waals surface area contributed by atoms with E-state index >= 15 is 0 Å². The van der Waals surface area contributed by atoms with E-state index in [1.807, 2.05) is 6.07 Å². The van der Waals surface area contributed by atoms with Crippen molar-refractivity contribution in [2.75, 3.05) is 6.79 Å². The molecule has 0 amide bonds. The van der Waals surface area contributed by atoms with Gasteiger partial charge >= 0.3 is 5.97 Å². The minimum atomic E-state index is -0.341. The topological polar surface area (TPSA) is 35.5 Å². The summed E-state index contributed by atoms with van der Waals surface area (Å²) < 4.78 is 10.4. The lowest BCUT2D eigenvalue weighted by molar-refractivity contribution is -0.0611. The maximum Gasteiger partial charge on any atom is 0.340 e. The van der Waals surface area contributed by atoms with Gasteiger partial charge in [0.05, 0.1) is 11.7 Å². The summed E-state index contributed by atoms with van der Waals surface area (Å²) in [7, 11) is 0. The van der Waals surface area contributed by atoms with Crippen LogP contribution in [0.5, 0.6) is 0 Å². The highest BCUT2D eigenvalue weighted by molar-refractivity contribution is 5.89. The third-order valence-electron chi connectivity index (χ3n) is 2.47. The first kappa shape index (κ1) is 10.9. The molecule has 1 aromatic rings. The monoisotopic (exact) mass is 218 g/mol. The molecule has 0 unspecified atom stereocenters. The highest BCUT2D eigenvalue weighted by atomic mass is 16.7. The maximum absolute atomic E-state index is 11.5. The van der Waals surface area contributed by atoms with Gasteiger partial charge in [-0.2, -0.15) is 0 Å². The molecule has 0 saturated heterocycles. The maximum atomic E-state index is 11.5. The van der Waals surface area contributed by atoms with E-state index in [0.717, 1.165) is 12.8 Å². The minimum absolute atomic E-state index is 0.0279. The lowest BCUT2D eigenvalue weighted by Crippen LogP contribution is -2.14. The van der Waals surface area contributed by atoms with Gasteiger partial charge in [0.2, 0.25) is 0 Å². The van der Waals surface area contributed by atoms with E-state index in [4.69, 9.17) is 9.47 Å². The molecule has 1 aliphatic carbocycles. The zero-order valence-electron chi connectivity index (χ0n) is 8.96. The summed E-state index contributed by atoms with van der Waals surface area (Å²) >= 11 is 0. The van der Waals surface area contributed by atoms with Crippen LogP contribution in [0, 0.1) is 0 Å². The Hall–Kier alpha value is -1.61.